The normalized spacial score (nSPS) is 27.3. The monoisotopic (exact) mass is 269 g/mol. The second-order valence-electron chi connectivity index (χ2n) is 5.05. The number of halogens is 2. The van der Waals surface area contributed by atoms with Gasteiger partial charge in [0.15, 0.2) is 0 Å². The quantitative estimate of drug-likeness (QED) is 0.764. The number of rotatable bonds is 2. The van der Waals surface area contributed by atoms with Crippen LogP contribution in [0.25, 0.3) is 0 Å². The van der Waals surface area contributed by atoms with Crippen LogP contribution in [0, 0.1) is 5.82 Å². The Kier molecular flexibility index (Phi) is 3.44. The summed E-state index contributed by atoms with van der Waals surface area (Å²) >= 11 is 5.81. The highest BCUT2D eigenvalue weighted by molar-refractivity contribution is 6.17. The standard InChI is InChI=1S/C14H17ClFNO/c15-9-10-6-11(16)8-12(7-10)17-4-5-18-14-3-1-2-13(14)17/h6-8,13-14H,1-5,9H2. The molecule has 1 aliphatic heterocycles. The topological polar surface area (TPSA) is 12.5 Å². The van der Waals surface area contributed by atoms with E-state index < -0.39 is 0 Å². The minimum absolute atomic E-state index is 0.204. The summed E-state index contributed by atoms with van der Waals surface area (Å²) in [6, 6.07) is 5.51. The molecule has 2 atom stereocenters. The summed E-state index contributed by atoms with van der Waals surface area (Å²) in [5.41, 5.74) is 1.79. The van der Waals surface area contributed by atoms with Gasteiger partial charge in [-0.05, 0) is 43.0 Å². The predicted octanol–water partition coefficient (Wildman–Crippen LogP) is 3.32. The second kappa shape index (κ2) is 5.06. The zero-order valence-corrected chi connectivity index (χ0v) is 11.0. The lowest BCUT2D eigenvalue weighted by Gasteiger charge is -2.39. The number of anilines is 1. The average molecular weight is 270 g/mol. The van der Waals surface area contributed by atoms with Crippen LogP contribution in [0.15, 0.2) is 18.2 Å². The van der Waals surface area contributed by atoms with E-state index in [1.807, 2.05) is 6.07 Å². The Hall–Kier alpha value is -0.800. The van der Waals surface area contributed by atoms with Gasteiger partial charge < -0.3 is 9.64 Å². The van der Waals surface area contributed by atoms with Gasteiger partial charge in [-0.3, -0.25) is 0 Å². The molecule has 4 heteroatoms. The molecule has 0 bridgehead atoms. The fourth-order valence-corrected chi connectivity index (χ4v) is 3.28. The second-order valence-corrected chi connectivity index (χ2v) is 5.32. The number of hydrogen-bond acceptors (Lipinski definition) is 2. The Morgan fingerprint density at radius 2 is 2.22 bits per heavy atom. The first kappa shape index (κ1) is 12.2. The van der Waals surface area contributed by atoms with Crippen LogP contribution in [-0.4, -0.2) is 25.3 Å². The first-order valence-electron chi connectivity index (χ1n) is 6.51. The van der Waals surface area contributed by atoms with Gasteiger partial charge in [-0.1, -0.05) is 0 Å². The molecule has 3 rings (SSSR count). The van der Waals surface area contributed by atoms with E-state index in [4.69, 9.17) is 16.3 Å². The number of benzene rings is 1. The van der Waals surface area contributed by atoms with E-state index >= 15 is 0 Å². The molecule has 1 aliphatic carbocycles. The van der Waals surface area contributed by atoms with Crippen molar-refractivity contribution in [3.8, 4) is 0 Å². The molecule has 2 unspecified atom stereocenters. The Balaban J connectivity index is 1.90. The highest BCUT2D eigenvalue weighted by Gasteiger charge is 2.36. The number of alkyl halides is 1. The third-order valence-electron chi connectivity index (χ3n) is 3.91. The maximum absolute atomic E-state index is 13.6. The van der Waals surface area contributed by atoms with E-state index in [-0.39, 0.29) is 5.82 Å². The van der Waals surface area contributed by atoms with Gasteiger partial charge in [0.05, 0.1) is 18.8 Å². The van der Waals surface area contributed by atoms with E-state index in [0.29, 0.717) is 18.0 Å². The molecule has 1 aromatic carbocycles. The molecular weight excluding hydrogens is 253 g/mol. The summed E-state index contributed by atoms with van der Waals surface area (Å²) < 4.78 is 19.4. The molecule has 0 spiro atoms. The van der Waals surface area contributed by atoms with Crippen LogP contribution in [0.1, 0.15) is 24.8 Å². The van der Waals surface area contributed by atoms with Crippen LogP contribution < -0.4 is 4.90 Å². The summed E-state index contributed by atoms with van der Waals surface area (Å²) in [5.74, 6) is 0.146. The van der Waals surface area contributed by atoms with Gasteiger partial charge in [0, 0.05) is 18.1 Å². The van der Waals surface area contributed by atoms with Crippen LogP contribution in [0.4, 0.5) is 10.1 Å². The Morgan fingerprint density at radius 1 is 1.33 bits per heavy atom. The van der Waals surface area contributed by atoms with E-state index in [1.165, 1.54) is 12.5 Å². The number of morpholine rings is 1. The third kappa shape index (κ3) is 2.21. The van der Waals surface area contributed by atoms with Crippen LogP contribution in [0.3, 0.4) is 0 Å². The Morgan fingerprint density at radius 3 is 3.06 bits per heavy atom. The highest BCUT2D eigenvalue weighted by atomic mass is 35.5. The molecule has 0 radical (unpaired) electrons. The maximum atomic E-state index is 13.6. The lowest BCUT2D eigenvalue weighted by atomic mass is 10.1. The van der Waals surface area contributed by atoms with Crippen molar-refractivity contribution < 1.29 is 9.13 Å². The fraction of sp³-hybridized carbons (Fsp3) is 0.571. The van der Waals surface area contributed by atoms with Gasteiger partial charge >= 0.3 is 0 Å². The van der Waals surface area contributed by atoms with Gasteiger partial charge in [0.2, 0.25) is 0 Å². The zero-order chi connectivity index (χ0) is 12.5. The van der Waals surface area contributed by atoms with Crippen molar-refractivity contribution in [2.45, 2.75) is 37.3 Å². The highest BCUT2D eigenvalue weighted by Crippen LogP contribution is 2.33. The van der Waals surface area contributed by atoms with E-state index in [1.54, 1.807) is 6.07 Å². The molecule has 0 N–H and O–H groups in total. The van der Waals surface area contributed by atoms with E-state index in [0.717, 1.165) is 37.2 Å². The minimum Gasteiger partial charge on any atom is -0.374 e. The van der Waals surface area contributed by atoms with Crippen LogP contribution in [-0.2, 0) is 10.6 Å². The number of fused-ring (bicyclic) bond motifs is 1. The van der Waals surface area contributed by atoms with Crippen molar-refractivity contribution in [3.05, 3.63) is 29.6 Å². The number of hydrogen-bond donors (Lipinski definition) is 0. The van der Waals surface area contributed by atoms with Crippen LogP contribution in [0.5, 0.6) is 0 Å². The molecule has 0 amide bonds. The predicted molar refractivity (Wildman–Crippen MR) is 70.7 cm³/mol. The lowest BCUT2D eigenvalue weighted by molar-refractivity contribution is 0.0256. The smallest absolute Gasteiger partial charge is 0.125 e. The van der Waals surface area contributed by atoms with Crippen molar-refractivity contribution in [3.63, 3.8) is 0 Å². The van der Waals surface area contributed by atoms with Crippen molar-refractivity contribution in [1.29, 1.82) is 0 Å². The molecule has 18 heavy (non-hydrogen) atoms. The molecular formula is C14H17ClFNO. The zero-order valence-electron chi connectivity index (χ0n) is 10.2. The van der Waals surface area contributed by atoms with Gasteiger partial charge in [0.25, 0.3) is 0 Å². The van der Waals surface area contributed by atoms with Gasteiger partial charge in [-0.2, -0.15) is 0 Å². The molecule has 1 saturated carbocycles. The summed E-state index contributed by atoms with van der Waals surface area (Å²) in [4.78, 5) is 2.29. The first-order chi connectivity index (χ1) is 8.78. The SMILES string of the molecule is Fc1cc(CCl)cc(N2CCOC3CCCC32)c1. The minimum atomic E-state index is -0.204. The average Bonchev–Trinajstić information content (AvgIpc) is 2.85. The molecule has 2 aliphatic rings. The fourth-order valence-electron chi connectivity index (χ4n) is 3.12. The van der Waals surface area contributed by atoms with Gasteiger partial charge in [-0.15, -0.1) is 11.6 Å². The summed E-state index contributed by atoms with van der Waals surface area (Å²) in [6.45, 7) is 1.57. The third-order valence-corrected chi connectivity index (χ3v) is 4.22. The van der Waals surface area contributed by atoms with Gasteiger partial charge in [0.1, 0.15) is 5.82 Å². The molecule has 1 saturated heterocycles. The number of nitrogens with zero attached hydrogens (tertiary/aromatic N) is 1. The summed E-state index contributed by atoms with van der Waals surface area (Å²) in [5, 5.41) is 0. The van der Waals surface area contributed by atoms with E-state index in [2.05, 4.69) is 4.90 Å². The molecule has 2 fully saturated rings. The summed E-state index contributed by atoms with van der Waals surface area (Å²) in [7, 11) is 0. The lowest BCUT2D eigenvalue weighted by Crippen LogP contribution is -2.48. The summed E-state index contributed by atoms with van der Waals surface area (Å²) in [6.07, 6.45) is 3.78. The number of ether oxygens (including phenoxy) is 1. The van der Waals surface area contributed by atoms with Gasteiger partial charge in [-0.25, -0.2) is 4.39 Å². The molecule has 98 valence electrons. The Labute approximate surface area is 112 Å². The van der Waals surface area contributed by atoms with E-state index in [9.17, 15) is 4.39 Å². The maximum Gasteiger partial charge on any atom is 0.125 e. The first-order valence-corrected chi connectivity index (χ1v) is 7.05. The molecule has 1 aromatic rings. The Bertz CT molecular complexity index is 440. The van der Waals surface area contributed by atoms with Crippen LogP contribution in [0.2, 0.25) is 0 Å². The largest absolute Gasteiger partial charge is 0.374 e. The molecule has 2 nitrogen and oxygen atoms in total. The molecule has 0 aromatic heterocycles. The van der Waals surface area contributed by atoms with Crippen molar-refractivity contribution in [1.82, 2.24) is 0 Å². The van der Waals surface area contributed by atoms with Crippen molar-refractivity contribution >= 4 is 17.3 Å². The molecule has 1 heterocycles. The van der Waals surface area contributed by atoms with Crippen LogP contribution >= 0.6 is 11.6 Å². The van der Waals surface area contributed by atoms with Crippen molar-refractivity contribution in [2.24, 2.45) is 0 Å². The van der Waals surface area contributed by atoms with Crippen molar-refractivity contribution in [2.75, 3.05) is 18.1 Å².